The second-order valence-electron chi connectivity index (χ2n) is 9.58. The van der Waals surface area contributed by atoms with Gasteiger partial charge in [-0.25, -0.2) is 4.98 Å². The summed E-state index contributed by atoms with van der Waals surface area (Å²) < 4.78 is 0. The molecule has 1 aliphatic carbocycles. The Hall–Kier alpha value is -3.80. The van der Waals surface area contributed by atoms with Crippen molar-refractivity contribution in [3.63, 3.8) is 0 Å². The molecule has 0 amide bonds. The second-order valence-corrected chi connectivity index (χ2v) is 9.58. The highest BCUT2D eigenvalue weighted by Crippen LogP contribution is 2.29. The number of fused-ring (bicyclic) bond motifs is 1. The first-order chi connectivity index (χ1) is 17.2. The molecule has 6 heteroatoms. The summed E-state index contributed by atoms with van der Waals surface area (Å²) in [5, 5.41) is 0. The van der Waals surface area contributed by atoms with Crippen LogP contribution in [0.1, 0.15) is 24.8 Å². The van der Waals surface area contributed by atoms with Crippen molar-refractivity contribution in [2.45, 2.75) is 25.7 Å². The van der Waals surface area contributed by atoms with Gasteiger partial charge >= 0.3 is 0 Å². The van der Waals surface area contributed by atoms with Gasteiger partial charge in [-0.3, -0.25) is 14.8 Å². The lowest BCUT2D eigenvalue weighted by molar-refractivity contribution is -0.124. The summed E-state index contributed by atoms with van der Waals surface area (Å²) in [6.07, 6.45) is 9.45. The highest BCUT2D eigenvalue weighted by atomic mass is 16.1. The number of Topliss-reactive ketones (excluding diaryl/α,β-unsaturated/α-hetero) is 1. The number of benzene rings is 2. The van der Waals surface area contributed by atoms with Crippen LogP contribution in [-0.4, -0.2) is 46.9 Å². The zero-order chi connectivity index (χ0) is 23.6. The number of pyridine rings is 1. The maximum atomic E-state index is 12.3. The van der Waals surface area contributed by atoms with Gasteiger partial charge in [-0.2, -0.15) is 0 Å². The van der Waals surface area contributed by atoms with Gasteiger partial charge in [0, 0.05) is 56.6 Å². The van der Waals surface area contributed by atoms with Crippen molar-refractivity contribution >= 4 is 28.3 Å². The topological polar surface area (TPSA) is 62.2 Å². The van der Waals surface area contributed by atoms with E-state index in [0.717, 1.165) is 72.6 Å². The fourth-order valence-electron chi connectivity index (χ4n) is 4.97. The summed E-state index contributed by atoms with van der Waals surface area (Å²) in [6.45, 7) is 3.70. The number of anilines is 2. The third-order valence-corrected chi connectivity index (χ3v) is 7.39. The number of ketones is 1. The van der Waals surface area contributed by atoms with Crippen LogP contribution in [0.25, 0.3) is 22.2 Å². The molecule has 4 aromatic rings. The van der Waals surface area contributed by atoms with E-state index >= 15 is 0 Å². The zero-order valence-corrected chi connectivity index (χ0v) is 19.8. The Morgan fingerprint density at radius 1 is 0.829 bits per heavy atom. The summed E-state index contributed by atoms with van der Waals surface area (Å²) in [4.78, 5) is 30.8. The average molecular weight is 464 g/mol. The molecule has 1 saturated carbocycles. The van der Waals surface area contributed by atoms with Crippen molar-refractivity contribution in [2.75, 3.05) is 36.0 Å². The monoisotopic (exact) mass is 463 g/mol. The van der Waals surface area contributed by atoms with Crippen molar-refractivity contribution in [3.05, 3.63) is 78.8 Å². The molecule has 176 valence electrons. The molecule has 0 bridgehead atoms. The fraction of sp³-hybridized carbons (Fsp3) is 0.310. The molecule has 2 aromatic carbocycles. The van der Waals surface area contributed by atoms with E-state index in [-0.39, 0.29) is 0 Å². The largest absolute Gasteiger partial charge is 0.368 e. The Morgan fingerprint density at radius 3 is 2.26 bits per heavy atom. The van der Waals surface area contributed by atoms with Crippen LogP contribution >= 0.6 is 0 Å². The Balaban J connectivity index is 1.16. The molecular weight excluding hydrogens is 434 g/mol. The van der Waals surface area contributed by atoms with Crippen molar-refractivity contribution in [1.29, 1.82) is 0 Å². The number of aromatic nitrogens is 3. The van der Waals surface area contributed by atoms with E-state index in [4.69, 9.17) is 4.98 Å². The average Bonchev–Trinajstić information content (AvgIpc) is 2.88. The molecule has 1 saturated heterocycles. The number of piperazine rings is 1. The van der Waals surface area contributed by atoms with E-state index in [1.165, 1.54) is 12.1 Å². The van der Waals surface area contributed by atoms with Crippen LogP contribution in [0.5, 0.6) is 0 Å². The zero-order valence-electron chi connectivity index (χ0n) is 19.8. The number of nitrogens with zero attached hydrogens (tertiary/aromatic N) is 5. The van der Waals surface area contributed by atoms with E-state index in [2.05, 4.69) is 68.3 Å². The maximum Gasteiger partial charge on any atom is 0.147 e. The SMILES string of the molecule is O=C(Cc1ccc(-c2ccc3ncc(N4CCN(c5ccncc5)CC4)nc3c2)cc1)C1CCC1. The summed E-state index contributed by atoms with van der Waals surface area (Å²) in [6, 6.07) is 18.8. The minimum atomic E-state index is 0.293. The highest BCUT2D eigenvalue weighted by Gasteiger charge is 2.24. The minimum Gasteiger partial charge on any atom is -0.368 e. The van der Waals surface area contributed by atoms with Crippen molar-refractivity contribution in [3.8, 4) is 11.1 Å². The summed E-state index contributed by atoms with van der Waals surface area (Å²) >= 11 is 0. The van der Waals surface area contributed by atoms with Gasteiger partial charge in [-0.1, -0.05) is 36.8 Å². The summed E-state index contributed by atoms with van der Waals surface area (Å²) in [7, 11) is 0. The summed E-state index contributed by atoms with van der Waals surface area (Å²) in [5.74, 6) is 1.61. The van der Waals surface area contributed by atoms with E-state index < -0.39 is 0 Å². The molecule has 2 aliphatic rings. The molecule has 35 heavy (non-hydrogen) atoms. The number of hydrogen-bond donors (Lipinski definition) is 0. The lowest BCUT2D eigenvalue weighted by atomic mass is 9.80. The smallest absolute Gasteiger partial charge is 0.147 e. The lowest BCUT2D eigenvalue weighted by Crippen LogP contribution is -2.46. The molecule has 0 N–H and O–H groups in total. The van der Waals surface area contributed by atoms with Gasteiger partial charge in [-0.05, 0) is 53.8 Å². The number of rotatable bonds is 6. The highest BCUT2D eigenvalue weighted by molar-refractivity contribution is 5.85. The van der Waals surface area contributed by atoms with Crippen molar-refractivity contribution in [2.24, 2.45) is 5.92 Å². The fourth-order valence-corrected chi connectivity index (χ4v) is 4.97. The Morgan fingerprint density at radius 2 is 1.54 bits per heavy atom. The van der Waals surface area contributed by atoms with Gasteiger partial charge < -0.3 is 9.80 Å². The van der Waals surface area contributed by atoms with Crippen LogP contribution in [0.15, 0.2) is 73.2 Å². The number of carbonyl (C=O) groups excluding carboxylic acids is 1. The van der Waals surface area contributed by atoms with Crippen LogP contribution in [0.3, 0.4) is 0 Å². The predicted octanol–water partition coefficient (Wildman–Crippen LogP) is 4.93. The van der Waals surface area contributed by atoms with Crippen LogP contribution in [0, 0.1) is 5.92 Å². The normalized spacial score (nSPS) is 16.3. The van der Waals surface area contributed by atoms with E-state index in [9.17, 15) is 4.79 Å². The van der Waals surface area contributed by atoms with Gasteiger partial charge in [0.2, 0.25) is 0 Å². The first-order valence-electron chi connectivity index (χ1n) is 12.5. The first-order valence-corrected chi connectivity index (χ1v) is 12.5. The predicted molar refractivity (Wildman–Crippen MR) is 140 cm³/mol. The quantitative estimate of drug-likeness (QED) is 0.404. The second kappa shape index (κ2) is 9.45. The molecular formula is C29H29N5O. The molecule has 1 aliphatic heterocycles. The number of hydrogen-bond acceptors (Lipinski definition) is 6. The van der Waals surface area contributed by atoms with Crippen LogP contribution in [0.2, 0.25) is 0 Å². The van der Waals surface area contributed by atoms with Gasteiger partial charge in [0.1, 0.15) is 11.6 Å². The molecule has 2 fully saturated rings. The van der Waals surface area contributed by atoms with Gasteiger partial charge in [-0.15, -0.1) is 0 Å². The Kier molecular flexibility index (Phi) is 5.86. The molecule has 6 rings (SSSR count). The van der Waals surface area contributed by atoms with E-state index in [0.29, 0.717) is 18.1 Å². The molecule has 0 radical (unpaired) electrons. The Bertz CT molecular complexity index is 1330. The van der Waals surface area contributed by atoms with Gasteiger partial charge in [0.15, 0.2) is 0 Å². The molecule has 0 unspecified atom stereocenters. The van der Waals surface area contributed by atoms with Crippen LogP contribution < -0.4 is 9.80 Å². The molecule has 0 atom stereocenters. The third kappa shape index (κ3) is 4.61. The standard InChI is InChI=1S/C29H29N5O/c35-28(23-2-1-3-23)18-21-4-6-22(7-5-21)24-8-9-26-27(19-24)32-29(20-31-26)34-16-14-33(15-17-34)25-10-12-30-13-11-25/h4-13,19-20,23H,1-3,14-18H2. The summed E-state index contributed by atoms with van der Waals surface area (Å²) in [5.41, 5.74) is 6.36. The minimum absolute atomic E-state index is 0.293. The lowest BCUT2D eigenvalue weighted by Gasteiger charge is -2.36. The van der Waals surface area contributed by atoms with E-state index in [1.807, 2.05) is 24.7 Å². The van der Waals surface area contributed by atoms with Gasteiger partial charge in [0.05, 0.1) is 17.2 Å². The first kappa shape index (κ1) is 21.7. The number of carbonyl (C=O) groups is 1. The van der Waals surface area contributed by atoms with Crippen LogP contribution in [-0.2, 0) is 11.2 Å². The van der Waals surface area contributed by atoms with Crippen molar-refractivity contribution in [1.82, 2.24) is 15.0 Å². The maximum absolute atomic E-state index is 12.3. The van der Waals surface area contributed by atoms with Crippen molar-refractivity contribution < 1.29 is 4.79 Å². The molecule has 6 nitrogen and oxygen atoms in total. The van der Waals surface area contributed by atoms with Gasteiger partial charge in [0.25, 0.3) is 0 Å². The Labute approximate surface area is 205 Å². The third-order valence-electron chi connectivity index (χ3n) is 7.39. The van der Waals surface area contributed by atoms with Crippen LogP contribution in [0.4, 0.5) is 11.5 Å². The molecule has 0 spiro atoms. The molecule has 2 aromatic heterocycles. The molecule has 3 heterocycles. The van der Waals surface area contributed by atoms with E-state index in [1.54, 1.807) is 0 Å².